The van der Waals surface area contributed by atoms with Crippen LogP contribution in [0.3, 0.4) is 0 Å². The highest BCUT2D eigenvalue weighted by Gasteiger charge is 2.28. The number of hydrogen-bond donors (Lipinski definition) is 2. The van der Waals surface area contributed by atoms with Gasteiger partial charge in [-0.25, -0.2) is 9.59 Å². The predicted octanol–water partition coefficient (Wildman–Crippen LogP) is 3.06. The Balaban J connectivity index is 2.91. The van der Waals surface area contributed by atoms with E-state index < -0.39 is 17.7 Å². The molecule has 0 aromatic carbocycles. The van der Waals surface area contributed by atoms with Crippen molar-refractivity contribution in [2.45, 2.75) is 72.4 Å². The molecule has 1 aliphatic rings. The van der Waals surface area contributed by atoms with Gasteiger partial charge in [0.2, 0.25) is 0 Å². The van der Waals surface area contributed by atoms with Gasteiger partial charge in [0, 0.05) is 32.7 Å². The number of aliphatic imine (C=N–C) groups is 1. The molecule has 0 bridgehead atoms. The zero-order valence-electron chi connectivity index (χ0n) is 20.8. The van der Waals surface area contributed by atoms with Gasteiger partial charge in [0.05, 0.1) is 12.8 Å². The Hall–Kier alpha value is -2.45. The van der Waals surface area contributed by atoms with Crippen molar-refractivity contribution >= 4 is 18.3 Å². The fourth-order valence-electron chi connectivity index (χ4n) is 3.42. The molecule has 1 aliphatic heterocycles. The number of carbonyl (C=O) groups excluding carboxylic acids is 2. The molecule has 0 radical (unpaired) electrons. The zero-order valence-corrected chi connectivity index (χ0v) is 20.8. The summed E-state index contributed by atoms with van der Waals surface area (Å²) in [7, 11) is 1.67. The first-order valence-electron chi connectivity index (χ1n) is 11.5. The summed E-state index contributed by atoms with van der Waals surface area (Å²) in [5.41, 5.74) is -0.522. The minimum Gasteiger partial charge on any atom is -0.476 e. The number of nitrogens with one attached hydrogen (secondary N) is 2. The number of amides is 1. The summed E-state index contributed by atoms with van der Waals surface area (Å²) in [5, 5.41) is 6.41. The first-order valence-corrected chi connectivity index (χ1v) is 11.5. The Morgan fingerprint density at radius 3 is 2.56 bits per heavy atom. The Kier molecular flexibility index (Phi) is 11.9. The number of ether oxygens (including phenoxy) is 3. The van der Waals surface area contributed by atoms with E-state index in [2.05, 4.69) is 34.4 Å². The first kappa shape index (κ1) is 27.6. The molecule has 2 N–H and O–H groups in total. The van der Waals surface area contributed by atoms with Crippen LogP contribution >= 0.6 is 0 Å². The fraction of sp³-hybridized carbons (Fsp3) is 0.783. The van der Waals surface area contributed by atoms with Crippen LogP contribution in [-0.4, -0.2) is 74.7 Å². The smallest absolute Gasteiger partial charge is 0.407 e. The third kappa shape index (κ3) is 10.7. The van der Waals surface area contributed by atoms with E-state index in [0.29, 0.717) is 18.9 Å². The molecule has 1 heterocycles. The topological polar surface area (TPSA) is 101 Å². The van der Waals surface area contributed by atoms with Crippen LogP contribution in [0.5, 0.6) is 0 Å². The summed E-state index contributed by atoms with van der Waals surface area (Å²) in [5.74, 6) is 1.16. The predicted molar refractivity (Wildman–Crippen MR) is 125 cm³/mol. The number of rotatable bonds is 12. The molecule has 1 saturated heterocycles. The lowest BCUT2D eigenvalue weighted by atomic mass is 10.1. The highest BCUT2D eigenvalue weighted by molar-refractivity contribution is 5.78. The minimum absolute atomic E-state index is 0.181. The molecule has 2 atom stereocenters. The molecule has 0 saturated carbocycles. The largest absolute Gasteiger partial charge is 0.476 e. The maximum atomic E-state index is 12.0. The summed E-state index contributed by atoms with van der Waals surface area (Å²) in [6.45, 7) is 13.7. The lowest BCUT2D eigenvalue weighted by Crippen LogP contribution is -2.39. The van der Waals surface area contributed by atoms with Crippen molar-refractivity contribution in [2.24, 2.45) is 10.9 Å². The number of hydrogen-bond acceptors (Lipinski definition) is 8. The highest BCUT2D eigenvalue weighted by Crippen LogP contribution is 2.22. The van der Waals surface area contributed by atoms with Crippen molar-refractivity contribution in [3.63, 3.8) is 0 Å². The molecule has 9 nitrogen and oxygen atoms in total. The molecule has 0 aliphatic carbocycles. The van der Waals surface area contributed by atoms with E-state index in [4.69, 9.17) is 14.2 Å². The van der Waals surface area contributed by atoms with E-state index in [0.717, 1.165) is 38.2 Å². The second kappa shape index (κ2) is 13.9. The minimum atomic E-state index is -0.522. The average Bonchev–Trinajstić information content (AvgIpc) is 3.16. The van der Waals surface area contributed by atoms with Gasteiger partial charge in [0.25, 0.3) is 0 Å². The molecule has 1 amide bonds. The Morgan fingerprint density at radius 2 is 1.97 bits per heavy atom. The number of carbonyl (C=O) groups is 2. The second-order valence-corrected chi connectivity index (χ2v) is 9.01. The van der Waals surface area contributed by atoms with Gasteiger partial charge < -0.3 is 29.7 Å². The van der Waals surface area contributed by atoms with Crippen LogP contribution in [-0.2, 0) is 19.0 Å². The molecule has 1 fully saturated rings. The van der Waals surface area contributed by atoms with E-state index in [-0.39, 0.29) is 18.6 Å². The standard InChI is InChI=1S/C23H42N4O5/c1-8-10-17(3)26-21(19(14-24-7)31-16-20(28)30-9-2)27-12-11-18(15-27)13-25-22(29)32-23(4,5)6/h14,17-18,26H,8-13,15-16H2,1-7H3,(H,25,29)/b21-19-,24-14?. The maximum Gasteiger partial charge on any atom is 0.407 e. The van der Waals surface area contributed by atoms with Gasteiger partial charge in [-0.05, 0) is 53.4 Å². The number of alkyl carbamates (subject to hydrolysis) is 1. The fourth-order valence-corrected chi connectivity index (χ4v) is 3.42. The van der Waals surface area contributed by atoms with Crippen LogP contribution in [0.2, 0.25) is 0 Å². The third-order valence-electron chi connectivity index (χ3n) is 4.77. The molecule has 0 aromatic heterocycles. The normalized spacial score (nSPS) is 18.2. The Morgan fingerprint density at radius 1 is 1.25 bits per heavy atom. The van der Waals surface area contributed by atoms with Crippen LogP contribution < -0.4 is 10.6 Å². The van der Waals surface area contributed by atoms with Crippen LogP contribution in [0, 0.1) is 5.92 Å². The zero-order chi connectivity index (χ0) is 24.1. The monoisotopic (exact) mass is 454 g/mol. The number of esters is 1. The maximum absolute atomic E-state index is 12.0. The number of likely N-dealkylation sites (tertiary alicyclic amines) is 1. The van der Waals surface area contributed by atoms with Gasteiger partial charge in [-0.3, -0.25) is 4.99 Å². The van der Waals surface area contributed by atoms with E-state index in [1.807, 2.05) is 20.8 Å². The van der Waals surface area contributed by atoms with Gasteiger partial charge in [-0.2, -0.15) is 0 Å². The van der Waals surface area contributed by atoms with Gasteiger partial charge in [-0.1, -0.05) is 13.3 Å². The van der Waals surface area contributed by atoms with Gasteiger partial charge >= 0.3 is 12.1 Å². The van der Waals surface area contributed by atoms with Crippen molar-refractivity contribution in [3.8, 4) is 0 Å². The molecule has 2 unspecified atom stereocenters. The van der Waals surface area contributed by atoms with Crippen molar-refractivity contribution in [1.82, 2.24) is 15.5 Å². The quantitative estimate of drug-likeness (QED) is 0.265. The van der Waals surface area contributed by atoms with Gasteiger partial charge in [0.15, 0.2) is 12.4 Å². The van der Waals surface area contributed by atoms with E-state index in [1.165, 1.54) is 0 Å². The molecule has 0 aromatic rings. The molecular weight excluding hydrogens is 412 g/mol. The van der Waals surface area contributed by atoms with E-state index in [9.17, 15) is 9.59 Å². The van der Waals surface area contributed by atoms with Crippen molar-refractivity contribution in [3.05, 3.63) is 11.6 Å². The van der Waals surface area contributed by atoms with Crippen LogP contribution in [0.4, 0.5) is 4.79 Å². The molecule has 184 valence electrons. The summed E-state index contributed by atoms with van der Waals surface area (Å²) in [6.07, 6.45) is 4.17. The van der Waals surface area contributed by atoms with E-state index >= 15 is 0 Å². The molecule has 9 heteroatoms. The molecule has 1 rings (SSSR count). The van der Waals surface area contributed by atoms with Gasteiger partial charge in [0.1, 0.15) is 11.4 Å². The Labute approximate surface area is 192 Å². The summed E-state index contributed by atoms with van der Waals surface area (Å²) in [6, 6.07) is 0.223. The van der Waals surface area contributed by atoms with Crippen molar-refractivity contribution < 1.29 is 23.8 Å². The lowest BCUT2D eigenvalue weighted by Gasteiger charge is -2.28. The van der Waals surface area contributed by atoms with E-state index in [1.54, 1.807) is 20.2 Å². The van der Waals surface area contributed by atoms with Crippen molar-refractivity contribution in [1.29, 1.82) is 0 Å². The van der Waals surface area contributed by atoms with Crippen LogP contribution in [0.1, 0.15) is 60.8 Å². The lowest BCUT2D eigenvalue weighted by molar-refractivity contribution is -0.146. The first-order chi connectivity index (χ1) is 15.1. The summed E-state index contributed by atoms with van der Waals surface area (Å²) in [4.78, 5) is 30.1. The van der Waals surface area contributed by atoms with Crippen LogP contribution in [0.25, 0.3) is 0 Å². The summed E-state index contributed by atoms with van der Waals surface area (Å²) < 4.78 is 16.1. The third-order valence-corrected chi connectivity index (χ3v) is 4.77. The van der Waals surface area contributed by atoms with Gasteiger partial charge in [-0.15, -0.1) is 0 Å². The van der Waals surface area contributed by atoms with Crippen molar-refractivity contribution in [2.75, 3.05) is 39.9 Å². The average molecular weight is 455 g/mol. The number of nitrogens with zero attached hydrogens (tertiary/aromatic N) is 2. The number of allylic oxidation sites excluding steroid dienone is 1. The highest BCUT2D eigenvalue weighted by atomic mass is 16.6. The Bertz CT molecular complexity index is 657. The summed E-state index contributed by atoms with van der Waals surface area (Å²) >= 11 is 0. The SMILES string of the molecule is CCCC(C)N/C(=C(\C=NC)OCC(=O)OCC)N1CCC(CNC(=O)OC(C)(C)C)C1. The molecule has 0 spiro atoms. The molecular formula is C23H42N4O5. The van der Waals surface area contributed by atoms with Crippen LogP contribution in [0.15, 0.2) is 16.6 Å². The molecule has 32 heavy (non-hydrogen) atoms. The second-order valence-electron chi connectivity index (χ2n) is 9.01.